The number of benzene rings is 3. The van der Waals surface area contributed by atoms with E-state index < -0.39 is 5.92 Å². The van der Waals surface area contributed by atoms with Gasteiger partial charge in [-0.25, -0.2) is 0 Å². The van der Waals surface area contributed by atoms with Crippen molar-refractivity contribution in [2.45, 2.75) is 5.92 Å². The molecule has 0 fully saturated rings. The smallest absolute Gasteiger partial charge is 0.196 e. The van der Waals surface area contributed by atoms with Crippen molar-refractivity contribution in [1.29, 1.82) is 0 Å². The van der Waals surface area contributed by atoms with Gasteiger partial charge in [-0.15, -0.1) is 0 Å². The van der Waals surface area contributed by atoms with Crippen LogP contribution in [-0.2, 0) is 5.92 Å². The summed E-state index contributed by atoms with van der Waals surface area (Å²) in [5.74, 6) is -2.81. The van der Waals surface area contributed by atoms with Crippen molar-refractivity contribution < 1.29 is 8.78 Å². The zero-order valence-electron chi connectivity index (χ0n) is 11.2. The number of alkyl halides is 2. The minimum atomic E-state index is -2.81. The molecule has 0 aromatic heterocycles. The largest absolute Gasteiger partial charge is 0.300 e. The maximum atomic E-state index is 14.2. The highest BCUT2D eigenvalue weighted by atomic mass is 19.3. The van der Waals surface area contributed by atoms with Crippen molar-refractivity contribution in [2.24, 2.45) is 0 Å². The first-order valence-electron chi connectivity index (χ1n) is 6.86. The molecule has 0 bridgehead atoms. The Morgan fingerprint density at radius 2 is 0.905 bits per heavy atom. The molecule has 0 amide bonds. The van der Waals surface area contributed by atoms with Crippen molar-refractivity contribution in [3.8, 4) is 22.3 Å². The van der Waals surface area contributed by atoms with Crippen LogP contribution in [0.3, 0.4) is 0 Å². The maximum Gasteiger partial charge on any atom is 0.300 e. The van der Waals surface area contributed by atoms with Crippen LogP contribution in [0.1, 0.15) is 11.1 Å². The molecule has 2 heteroatoms. The van der Waals surface area contributed by atoms with Gasteiger partial charge in [0.25, 0.3) is 0 Å². The number of hydrogen-bond donors (Lipinski definition) is 0. The molecule has 4 rings (SSSR count). The van der Waals surface area contributed by atoms with E-state index >= 15 is 0 Å². The van der Waals surface area contributed by atoms with Crippen LogP contribution in [0, 0.1) is 0 Å². The highest BCUT2D eigenvalue weighted by Crippen LogP contribution is 2.60. The van der Waals surface area contributed by atoms with E-state index in [2.05, 4.69) is 0 Å². The predicted molar refractivity (Wildman–Crippen MR) is 80.3 cm³/mol. The quantitative estimate of drug-likeness (QED) is 0.582. The van der Waals surface area contributed by atoms with Crippen LogP contribution in [0.2, 0.25) is 0 Å². The first-order valence-corrected chi connectivity index (χ1v) is 6.86. The third-order valence-electron chi connectivity index (χ3n) is 3.94. The SMILES string of the molecule is FC1(F)c2c(-c3ccccc3)ccc(-c3ccccc3)c21. The summed E-state index contributed by atoms with van der Waals surface area (Å²) < 4.78 is 28.4. The molecule has 0 saturated heterocycles. The van der Waals surface area contributed by atoms with Crippen LogP contribution in [0.25, 0.3) is 22.3 Å². The van der Waals surface area contributed by atoms with E-state index in [9.17, 15) is 8.78 Å². The molecule has 0 N–H and O–H groups in total. The lowest BCUT2D eigenvalue weighted by Gasteiger charge is -2.03. The molecule has 0 saturated carbocycles. The molecule has 0 nitrogen and oxygen atoms in total. The van der Waals surface area contributed by atoms with E-state index in [-0.39, 0.29) is 11.1 Å². The average Bonchev–Trinajstić information content (AvgIpc) is 3.12. The molecule has 0 aliphatic heterocycles. The van der Waals surface area contributed by atoms with Crippen molar-refractivity contribution in [2.75, 3.05) is 0 Å². The van der Waals surface area contributed by atoms with Crippen LogP contribution >= 0.6 is 0 Å². The van der Waals surface area contributed by atoms with Gasteiger partial charge in [-0.3, -0.25) is 0 Å². The van der Waals surface area contributed by atoms with Gasteiger partial charge in [0, 0.05) is 11.1 Å². The third-order valence-corrected chi connectivity index (χ3v) is 3.94. The molecule has 3 aromatic rings. The first kappa shape index (κ1) is 12.3. The van der Waals surface area contributed by atoms with E-state index in [4.69, 9.17) is 0 Å². The molecule has 0 radical (unpaired) electrons. The number of rotatable bonds is 2. The fraction of sp³-hybridized carbons (Fsp3) is 0.0526. The molecule has 21 heavy (non-hydrogen) atoms. The predicted octanol–water partition coefficient (Wildman–Crippen LogP) is 5.47. The normalized spacial score (nSPS) is 14.6. The second kappa shape index (κ2) is 4.26. The minimum Gasteiger partial charge on any atom is -0.196 e. The second-order valence-electron chi connectivity index (χ2n) is 5.22. The van der Waals surface area contributed by atoms with Crippen molar-refractivity contribution >= 4 is 0 Å². The Hall–Kier alpha value is -2.48. The van der Waals surface area contributed by atoms with Gasteiger partial charge < -0.3 is 0 Å². The van der Waals surface area contributed by atoms with Gasteiger partial charge in [0.15, 0.2) is 0 Å². The topological polar surface area (TPSA) is 0 Å². The Morgan fingerprint density at radius 1 is 0.524 bits per heavy atom. The van der Waals surface area contributed by atoms with Gasteiger partial charge in [0.2, 0.25) is 0 Å². The standard InChI is InChI=1S/C19H12F2/c20-19(21)17-15(13-7-3-1-4-8-13)11-12-16(18(17)19)14-9-5-2-6-10-14/h1-12H. The summed E-state index contributed by atoms with van der Waals surface area (Å²) in [4.78, 5) is 0. The molecule has 1 aliphatic rings. The zero-order chi connectivity index (χ0) is 14.4. The molecule has 3 aromatic carbocycles. The van der Waals surface area contributed by atoms with Crippen molar-refractivity contribution in [1.82, 2.24) is 0 Å². The Balaban J connectivity index is 1.90. The molecule has 0 unspecified atom stereocenters. The molecule has 102 valence electrons. The number of fused-ring (bicyclic) bond motifs is 1. The summed E-state index contributed by atoms with van der Waals surface area (Å²) in [6, 6.07) is 22.3. The van der Waals surface area contributed by atoms with Gasteiger partial charge >= 0.3 is 5.92 Å². The molecule has 0 heterocycles. The summed E-state index contributed by atoms with van der Waals surface area (Å²) in [6.07, 6.45) is 0. The molecular formula is C19H12F2. The van der Waals surface area contributed by atoms with Crippen LogP contribution < -0.4 is 0 Å². The Morgan fingerprint density at radius 3 is 1.29 bits per heavy atom. The fourth-order valence-electron chi connectivity index (χ4n) is 2.89. The summed E-state index contributed by atoms with van der Waals surface area (Å²) in [7, 11) is 0. The van der Waals surface area contributed by atoms with E-state index in [1.165, 1.54) is 0 Å². The van der Waals surface area contributed by atoms with Gasteiger partial charge in [-0.1, -0.05) is 72.8 Å². The zero-order valence-corrected chi connectivity index (χ0v) is 11.2. The van der Waals surface area contributed by atoms with E-state index in [1.807, 2.05) is 60.7 Å². The maximum absolute atomic E-state index is 14.2. The molecule has 0 atom stereocenters. The summed E-state index contributed by atoms with van der Waals surface area (Å²) in [6.45, 7) is 0. The lowest BCUT2D eigenvalue weighted by Crippen LogP contribution is -1.87. The van der Waals surface area contributed by atoms with Crippen molar-refractivity contribution in [3.05, 3.63) is 83.9 Å². The molecule has 1 aliphatic carbocycles. The first-order chi connectivity index (χ1) is 10.2. The van der Waals surface area contributed by atoms with Gasteiger partial charge in [0.1, 0.15) is 0 Å². The Labute approximate surface area is 121 Å². The highest BCUT2D eigenvalue weighted by Gasteiger charge is 2.56. The van der Waals surface area contributed by atoms with E-state index in [0.717, 1.165) is 11.1 Å². The van der Waals surface area contributed by atoms with Crippen LogP contribution in [0.5, 0.6) is 0 Å². The van der Waals surface area contributed by atoms with Gasteiger partial charge in [0.05, 0.1) is 0 Å². The van der Waals surface area contributed by atoms with Crippen LogP contribution in [0.15, 0.2) is 72.8 Å². The van der Waals surface area contributed by atoms with Crippen molar-refractivity contribution in [3.63, 3.8) is 0 Å². The molecular weight excluding hydrogens is 266 g/mol. The average molecular weight is 278 g/mol. The molecule has 0 spiro atoms. The fourth-order valence-corrected chi connectivity index (χ4v) is 2.89. The number of halogens is 2. The minimum absolute atomic E-state index is 0.176. The Bertz CT molecular complexity index is 737. The Kier molecular flexibility index (Phi) is 2.49. The van der Waals surface area contributed by atoms with Crippen LogP contribution in [0.4, 0.5) is 8.78 Å². The van der Waals surface area contributed by atoms with E-state index in [0.29, 0.717) is 11.1 Å². The van der Waals surface area contributed by atoms with Gasteiger partial charge in [-0.2, -0.15) is 8.78 Å². The third kappa shape index (κ3) is 1.79. The summed E-state index contributed by atoms with van der Waals surface area (Å²) in [5.41, 5.74) is 3.30. The van der Waals surface area contributed by atoms with Gasteiger partial charge in [-0.05, 0) is 22.3 Å². The second-order valence-corrected chi connectivity index (χ2v) is 5.22. The summed E-state index contributed by atoms with van der Waals surface area (Å²) >= 11 is 0. The lowest BCUT2D eigenvalue weighted by atomic mass is 10.0. The highest BCUT2D eigenvalue weighted by molar-refractivity contribution is 5.86. The lowest BCUT2D eigenvalue weighted by molar-refractivity contribution is 0.0996. The van der Waals surface area contributed by atoms with E-state index in [1.54, 1.807) is 12.1 Å². The number of hydrogen-bond acceptors (Lipinski definition) is 0. The van der Waals surface area contributed by atoms with Crippen LogP contribution in [-0.4, -0.2) is 0 Å². The summed E-state index contributed by atoms with van der Waals surface area (Å²) in [5, 5.41) is 0. The monoisotopic (exact) mass is 278 g/mol.